The first kappa shape index (κ1) is 20.9. The fourth-order valence-electron chi connectivity index (χ4n) is 3.86. The second-order valence-electron chi connectivity index (χ2n) is 7.60. The van der Waals surface area contributed by atoms with Crippen molar-refractivity contribution in [1.82, 2.24) is 9.80 Å². The molecule has 0 aliphatic carbocycles. The number of amides is 1. The SMILES string of the molecule is COC(=O)c1ccccc1CN1CCN(C(=O)COc2ccc3ccccc3c2)CC1. The summed E-state index contributed by atoms with van der Waals surface area (Å²) in [5, 5.41) is 2.24. The Kier molecular flexibility index (Phi) is 6.48. The molecule has 6 nitrogen and oxygen atoms in total. The normalized spacial score (nSPS) is 14.4. The molecular formula is C25H26N2O4. The summed E-state index contributed by atoms with van der Waals surface area (Å²) in [6.07, 6.45) is 0. The highest BCUT2D eigenvalue weighted by atomic mass is 16.5. The number of ether oxygens (including phenoxy) is 2. The molecule has 1 aliphatic rings. The van der Waals surface area contributed by atoms with Crippen molar-refractivity contribution in [2.75, 3.05) is 39.9 Å². The van der Waals surface area contributed by atoms with E-state index in [-0.39, 0.29) is 18.5 Å². The van der Waals surface area contributed by atoms with Crippen molar-refractivity contribution in [1.29, 1.82) is 0 Å². The van der Waals surface area contributed by atoms with Gasteiger partial charge >= 0.3 is 5.97 Å². The van der Waals surface area contributed by atoms with Crippen LogP contribution in [-0.4, -0.2) is 61.6 Å². The highest BCUT2D eigenvalue weighted by molar-refractivity contribution is 5.91. The molecule has 0 aromatic heterocycles. The van der Waals surface area contributed by atoms with Crippen LogP contribution in [-0.2, 0) is 16.1 Å². The Balaban J connectivity index is 1.28. The van der Waals surface area contributed by atoms with Crippen LogP contribution in [0.4, 0.5) is 0 Å². The number of methoxy groups -OCH3 is 1. The van der Waals surface area contributed by atoms with E-state index in [1.54, 1.807) is 6.07 Å². The van der Waals surface area contributed by atoms with E-state index in [1.807, 2.05) is 65.6 Å². The zero-order chi connectivity index (χ0) is 21.6. The Labute approximate surface area is 182 Å². The van der Waals surface area contributed by atoms with Crippen LogP contribution in [0.15, 0.2) is 66.7 Å². The zero-order valence-electron chi connectivity index (χ0n) is 17.6. The van der Waals surface area contributed by atoms with Crippen LogP contribution in [0, 0.1) is 0 Å². The van der Waals surface area contributed by atoms with E-state index in [4.69, 9.17) is 9.47 Å². The maximum absolute atomic E-state index is 12.6. The summed E-state index contributed by atoms with van der Waals surface area (Å²) in [6.45, 7) is 3.46. The van der Waals surface area contributed by atoms with Gasteiger partial charge in [0.05, 0.1) is 12.7 Å². The fourth-order valence-corrected chi connectivity index (χ4v) is 3.86. The lowest BCUT2D eigenvalue weighted by Gasteiger charge is -2.35. The average Bonchev–Trinajstić information content (AvgIpc) is 2.82. The van der Waals surface area contributed by atoms with Crippen molar-refractivity contribution in [3.8, 4) is 5.75 Å². The van der Waals surface area contributed by atoms with Crippen LogP contribution in [0.25, 0.3) is 10.8 Å². The summed E-state index contributed by atoms with van der Waals surface area (Å²) < 4.78 is 10.6. The molecule has 0 saturated carbocycles. The maximum Gasteiger partial charge on any atom is 0.338 e. The van der Waals surface area contributed by atoms with E-state index < -0.39 is 0 Å². The Morgan fingerprint density at radius 2 is 1.58 bits per heavy atom. The first-order chi connectivity index (χ1) is 15.1. The lowest BCUT2D eigenvalue weighted by atomic mass is 10.1. The molecule has 1 heterocycles. The second kappa shape index (κ2) is 9.62. The second-order valence-corrected chi connectivity index (χ2v) is 7.60. The smallest absolute Gasteiger partial charge is 0.338 e. The molecule has 3 aromatic carbocycles. The molecule has 0 spiro atoms. The standard InChI is InChI=1S/C25H26N2O4/c1-30-25(29)23-9-5-4-8-21(23)17-26-12-14-27(15-13-26)24(28)18-31-22-11-10-19-6-2-3-7-20(19)16-22/h2-11,16H,12-15,17-18H2,1H3. The third-order valence-corrected chi connectivity index (χ3v) is 5.62. The summed E-state index contributed by atoms with van der Waals surface area (Å²) >= 11 is 0. The number of carbonyl (C=O) groups is 2. The maximum atomic E-state index is 12.6. The summed E-state index contributed by atoms with van der Waals surface area (Å²) in [5.74, 6) is 0.364. The zero-order valence-corrected chi connectivity index (χ0v) is 17.6. The van der Waals surface area contributed by atoms with Crippen molar-refractivity contribution in [3.63, 3.8) is 0 Å². The predicted molar refractivity (Wildman–Crippen MR) is 119 cm³/mol. The first-order valence-corrected chi connectivity index (χ1v) is 10.4. The average molecular weight is 418 g/mol. The van der Waals surface area contributed by atoms with Gasteiger partial charge in [-0.3, -0.25) is 9.69 Å². The van der Waals surface area contributed by atoms with Crippen molar-refractivity contribution >= 4 is 22.6 Å². The molecule has 31 heavy (non-hydrogen) atoms. The minimum absolute atomic E-state index is 0.0113. The van der Waals surface area contributed by atoms with E-state index >= 15 is 0 Å². The van der Waals surface area contributed by atoms with Gasteiger partial charge in [-0.2, -0.15) is 0 Å². The van der Waals surface area contributed by atoms with Gasteiger partial charge in [0.15, 0.2) is 6.61 Å². The van der Waals surface area contributed by atoms with E-state index in [1.165, 1.54) is 7.11 Å². The van der Waals surface area contributed by atoms with Crippen LogP contribution in [0.1, 0.15) is 15.9 Å². The van der Waals surface area contributed by atoms with Crippen LogP contribution in [0.3, 0.4) is 0 Å². The fraction of sp³-hybridized carbons (Fsp3) is 0.280. The topological polar surface area (TPSA) is 59.1 Å². The molecule has 160 valence electrons. The molecule has 0 atom stereocenters. The van der Waals surface area contributed by atoms with Gasteiger partial charge in [0, 0.05) is 32.7 Å². The molecule has 1 fully saturated rings. The van der Waals surface area contributed by atoms with E-state index in [0.717, 1.165) is 29.4 Å². The van der Waals surface area contributed by atoms with Crippen LogP contribution >= 0.6 is 0 Å². The predicted octanol–water partition coefficient (Wildman–Crippen LogP) is 3.35. The Hall–Kier alpha value is -3.38. The molecule has 3 aromatic rings. The molecular weight excluding hydrogens is 392 g/mol. The molecule has 1 aliphatic heterocycles. The number of carbonyl (C=O) groups excluding carboxylic acids is 2. The van der Waals surface area contributed by atoms with Gasteiger partial charge in [0.25, 0.3) is 5.91 Å². The van der Waals surface area contributed by atoms with Gasteiger partial charge in [-0.1, -0.05) is 48.5 Å². The first-order valence-electron chi connectivity index (χ1n) is 10.4. The lowest BCUT2D eigenvalue weighted by Crippen LogP contribution is -2.49. The van der Waals surface area contributed by atoms with E-state index in [2.05, 4.69) is 4.90 Å². The highest BCUT2D eigenvalue weighted by Gasteiger charge is 2.22. The molecule has 0 bridgehead atoms. The summed E-state index contributed by atoms with van der Waals surface area (Å²) in [5.41, 5.74) is 1.53. The number of esters is 1. The number of rotatable bonds is 6. The van der Waals surface area contributed by atoms with Crippen LogP contribution in [0.2, 0.25) is 0 Å². The summed E-state index contributed by atoms with van der Waals surface area (Å²) in [4.78, 5) is 28.7. The Morgan fingerprint density at radius 1 is 0.871 bits per heavy atom. The number of piperazine rings is 1. The Bertz CT molecular complexity index is 1070. The van der Waals surface area contributed by atoms with Crippen LogP contribution in [0.5, 0.6) is 5.75 Å². The highest BCUT2D eigenvalue weighted by Crippen LogP contribution is 2.21. The van der Waals surface area contributed by atoms with Crippen molar-refractivity contribution in [2.24, 2.45) is 0 Å². The third-order valence-electron chi connectivity index (χ3n) is 5.62. The van der Waals surface area contributed by atoms with Crippen molar-refractivity contribution in [3.05, 3.63) is 77.9 Å². The molecule has 0 unspecified atom stereocenters. The van der Waals surface area contributed by atoms with Gasteiger partial charge in [0.2, 0.25) is 0 Å². The van der Waals surface area contributed by atoms with Crippen LogP contribution < -0.4 is 4.74 Å². The lowest BCUT2D eigenvalue weighted by molar-refractivity contribution is -0.135. The van der Waals surface area contributed by atoms with E-state index in [0.29, 0.717) is 30.9 Å². The van der Waals surface area contributed by atoms with Gasteiger partial charge in [-0.25, -0.2) is 4.79 Å². The molecule has 4 rings (SSSR count). The monoisotopic (exact) mass is 418 g/mol. The minimum Gasteiger partial charge on any atom is -0.484 e. The molecule has 6 heteroatoms. The summed E-state index contributed by atoms with van der Waals surface area (Å²) in [7, 11) is 1.39. The largest absolute Gasteiger partial charge is 0.484 e. The number of nitrogens with zero attached hydrogens (tertiary/aromatic N) is 2. The van der Waals surface area contributed by atoms with E-state index in [9.17, 15) is 9.59 Å². The quantitative estimate of drug-likeness (QED) is 0.575. The molecule has 1 amide bonds. The van der Waals surface area contributed by atoms with Gasteiger partial charge < -0.3 is 14.4 Å². The molecule has 0 N–H and O–H groups in total. The Morgan fingerprint density at radius 3 is 2.35 bits per heavy atom. The van der Waals surface area contributed by atoms with Gasteiger partial charge in [-0.05, 0) is 34.5 Å². The number of benzene rings is 3. The molecule has 1 saturated heterocycles. The van der Waals surface area contributed by atoms with Gasteiger partial charge in [-0.15, -0.1) is 0 Å². The minimum atomic E-state index is -0.324. The number of hydrogen-bond acceptors (Lipinski definition) is 5. The summed E-state index contributed by atoms with van der Waals surface area (Å²) in [6, 6.07) is 21.4. The van der Waals surface area contributed by atoms with Crippen molar-refractivity contribution in [2.45, 2.75) is 6.54 Å². The third kappa shape index (κ3) is 5.03. The molecule has 0 radical (unpaired) electrons. The van der Waals surface area contributed by atoms with Crippen molar-refractivity contribution < 1.29 is 19.1 Å². The number of hydrogen-bond donors (Lipinski definition) is 0. The number of fused-ring (bicyclic) bond motifs is 1. The van der Waals surface area contributed by atoms with Gasteiger partial charge in [0.1, 0.15) is 5.75 Å².